The van der Waals surface area contributed by atoms with E-state index < -0.39 is 11.9 Å². The molecule has 6 nitrogen and oxygen atoms in total. The molecule has 0 aromatic rings. The predicted octanol–water partition coefficient (Wildman–Crippen LogP) is 3.01. The summed E-state index contributed by atoms with van der Waals surface area (Å²) in [7, 11) is 0. The minimum Gasteiger partial charge on any atom is -0.481 e. The van der Waals surface area contributed by atoms with Crippen molar-refractivity contribution in [3.8, 4) is 0 Å². The van der Waals surface area contributed by atoms with Gasteiger partial charge in [0.15, 0.2) is 0 Å². The number of carbonyl (C=O) groups is 3. The number of hydrogen-bond acceptors (Lipinski definition) is 4. The summed E-state index contributed by atoms with van der Waals surface area (Å²) in [4.78, 5) is 28.6. The van der Waals surface area contributed by atoms with E-state index in [9.17, 15) is 9.59 Å². The second kappa shape index (κ2) is 25.5. The minimum absolute atomic E-state index is 0.147. The van der Waals surface area contributed by atoms with Gasteiger partial charge in [-0.3, -0.25) is 14.4 Å². The van der Waals surface area contributed by atoms with Gasteiger partial charge < -0.3 is 14.9 Å². The van der Waals surface area contributed by atoms with Crippen molar-refractivity contribution in [2.75, 3.05) is 0 Å². The van der Waals surface area contributed by atoms with Crippen LogP contribution in [0.5, 0.6) is 0 Å². The Labute approximate surface area is 120 Å². The quantitative estimate of drug-likeness (QED) is 0.468. The normalized spacial score (nSPS) is 7.55. The van der Waals surface area contributed by atoms with Gasteiger partial charge in [0.2, 0.25) is 0 Å². The Kier molecular flexibility index (Phi) is 33.4. The van der Waals surface area contributed by atoms with E-state index in [0.29, 0.717) is 0 Å². The van der Waals surface area contributed by atoms with E-state index >= 15 is 0 Å². The fraction of sp³-hybridized carbons (Fsp3) is 0.357. The summed E-state index contributed by atoms with van der Waals surface area (Å²) >= 11 is 0. The summed E-state index contributed by atoms with van der Waals surface area (Å²) in [5.41, 5.74) is 0. The third-order valence-corrected chi connectivity index (χ3v) is 0.944. The van der Waals surface area contributed by atoms with Gasteiger partial charge >= 0.3 is 11.9 Å². The molecular formula is C14H24O6. The van der Waals surface area contributed by atoms with Crippen LogP contribution in [0.2, 0.25) is 0 Å². The van der Waals surface area contributed by atoms with E-state index in [1.807, 2.05) is 13.0 Å². The maximum atomic E-state index is 9.82. The largest absolute Gasteiger partial charge is 0.481 e. The third-order valence-electron chi connectivity index (χ3n) is 0.944. The Balaban J connectivity index is -0.0000000947. The maximum Gasteiger partial charge on any atom is 0.307 e. The second-order valence-corrected chi connectivity index (χ2v) is 2.77. The van der Waals surface area contributed by atoms with Crippen LogP contribution in [-0.4, -0.2) is 28.1 Å². The predicted molar refractivity (Wildman–Crippen MR) is 78.2 cm³/mol. The molecule has 0 fully saturated rings. The molecule has 6 heteroatoms. The zero-order valence-corrected chi connectivity index (χ0v) is 12.3. The van der Waals surface area contributed by atoms with Crippen LogP contribution in [0.1, 0.15) is 33.6 Å². The number of rotatable bonds is 4. The fourth-order valence-corrected chi connectivity index (χ4v) is 0.468. The Hall–Kier alpha value is -2.37. The van der Waals surface area contributed by atoms with Crippen molar-refractivity contribution >= 4 is 17.9 Å². The maximum absolute atomic E-state index is 9.82. The minimum atomic E-state index is -0.833. The second-order valence-electron chi connectivity index (χ2n) is 2.77. The summed E-state index contributed by atoms with van der Waals surface area (Å²) < 4.78 is 4.17. The van der Waals surface area contributed by atoms with Crippen molar-refractivity contribution in [3.05, 3.63) is 38.2 Å². The van der Waals surface area contributed by atoms with Gasteiger partial charge in [-0.1, -0.05) is 25.7 Å². The van der Waals surface area contributed by atoms with Crippen LogP contribution in [0, 0.1) is 0 Å². The smallest absolute Gasteiger partial charge is 0.307 e. The molecule has 0 rings (SSSR count). The lowest BCUT2D eigenvalue weighted by Crippen LogP contribution is -1.89. The van der Waals surface area contributed by atoms with Crippen molar-refractivity contribution in [1.29, 1.82) is 0 Å². The molecule has 0 heterocycles. The van der Waals surface area contributed by atoms with E-state index in [0.717, 1.165) is 19.6 Å². The summed E-state index contributed by atoms with van der Waals surface area (Å²) in [6.45, 7) is 13.5. The van der Waals surface area contributed by atoms with Crippen molar-refractivity contribution in [3.63, 3.8) is 0 Å². The Morgan fingerprint density at radius 1 is 1.10 bits per heavy atom. The van der Waals surface area contributed by atoms with Crippen molar-refractivity contribution in [1.82, 2.24) is 0 Å². The summed E-state index contributed by atoms with van der Waals surface area (Å²) in [5, 5.41) is 15.5. The molecule has 0 aliphatic heterocycles. The monoisotopic (exact) mass is 288 g/mol. The molecule has 0 aliphatic rings. The topological polar surface area (TPSA) is 101 Å². The van der Waals surface area contributed by atoms with Gasteiger partial charge in [0, 0.05) is 13.8 Å². The summed E-state index contributed by atoms with van der Waals surface area (Å²) in [6.07, 6.45) is 5.65. The van der Waals surface area contributed by atoms with Crippen molar-refractivity contribution in [2.24, 2.45) is 0 Å². The number of carbonyl (C=O) groups excluding carboxylic acids is 1. The highest BCUT2D eigenvalue weighted by molar-refractivity contribution is 5.68. The van der Waals surface area contributed by atoms with Gasteiger partial charge in [0.05, 0.1) is 12.7 Å². The van der Waals surface area contributed by atoms with Gasteiger partial charge in [-0.05, 0) is 6.42 Å². The van der Waals surface area contributed by atoms with Crippen LogP contribution >= 0.6 is 0 Å². The van der Waals surface area contributed by atoms with Crippen LogP contribution in [0.4, 0.5) is 0 Å². The van der Waals surface area contributed by atoms with Crippen molar-refractivity contribution < 1.29 is 29.3 Å². The van der Waals surface area contributed by atoms with Crippen LogP contribution in [-0.2, 0) is 19.1 Å². The highest BCUT2D eigenvalue weighted by Gasteiger charge is 1.86. The van der Waals surface area contributed by atoms with Crippen LogP contribution in [0.3, 0.4) is 0 Å². The lowest BCUT2D eigenvalue weighted by molar-refractivity contribution is -0.136. The van der Waals surface area contributed by atoms with Gasteiger partial charge in [0.25, 0.3) is 5.97 Å². The molecule has 0 saturated carbocycles. The number of allylic oxidation sites excluding steroid dienone is 1. The molecule has 0 spiro atoms. The Morgan fingerprint density at radius 3 is 1.65 bits per heavy atom. The van der Waals surface area contributed by atoms with E-state index in [1.165, 1.54) is 6.92 Å². The molecule has 0 aromatic heterocycles. The zero-order chi connectivity index (χ0) is 17.0. The number of hydrogen-bond donors (Lipinski definition) is 2. The van der Waals surface area contributed by atoms with Gasteiger partial charge in [-0.15, -0.1) is 13.2 Å². The molecule has 116 valence electrons. The van der Waals surface area contributed by atoms with Gasteiger partial charge in [0.1, 0.15) is 0 Å². The lowest BCUT2D eigenvalue weighted by atomic mass is 10.3. The molecule has 20 heavy (non-hydrogen) atoms. The highest BCUT2D eigenvalue weighted by atomic mass is 16.5. The van der Waals surface area contributed by atoms with Crippen LogP contribution < -0.4 is 0 Å². The standard InChI is InChI=1S/C6H10O2.C4H6O2.C2H4O2.C2H4/c1-2-3-4-5-6(7)8;1-3-6-4(2)5;1-2(3)4;1-2/h3-4H,2,5H2,1H3,(H,7,8);3H,1H2,2H3;1H3,(H,3,4);1-2H2. The van der Waals surface area contributed by atoms with Crippen LogP contribution in [0.25, 0.3) is 0 Å². The first-order valence-electron chi connectivity index (χ1n) is 5.62. The molecule has 0 saturated heterocycles. The van der Waals surface area contributed by atoms with E-state index in [4.69, 9.17) is 15.0 Å². The first kappa shape index (κ1) is 26.2. The molecule has 0 bridgehead atoms. The zero-order valence-electron chi connectivity index (χ0n) is 12.3. The van der Waals surface area contributed by atoms with Gasteiger partial charge in [-0.25, -0.2) is 0 Å². The summed E-state index contributed by atoms with van der Waals surface area (Å²) in [6, 6.07) is 0. The highest BCUT2D eigenvalue weighted by Crippen LogP contribution is 1.84. The molecule has 0 atom stereocenters. The average Bonchev–Trinajstić information content (AvgIpc) is 2.31. The molecule has 0 amide bonds. The molecule has 0 unspecified atom stereocenters. The summed E-state index contributed by atoms with van der Waals surface area (Å²) in [5.74, 6) is -1.93. The molecule has 2 N–H and O–H groups in total. The first-order valence-corrected chi connectivity index (χ1v) is 5.62. The fourth-order valence-electron chi connectivity index (χ4n) is 0.468. The third kappa shape index (κ3) is 106. The number of carboxylic acid groups (broad SMARTS) is 2. The average molecular weight is 288 g/mol. The Bertz CT molecular complexity index is 290. The van der Waals surface area contributed by atoms with E-state index in [1.54, 1.807) is 6.08 Å². The number of ether oxygens (including phenoxy) is 1. The first-order chi connectivity index (χ1) is 9.27. The Morgan fingerprint density at radius 2 is 1.50 bits per heavy atom. The lowest BCUT2D eigenvalue weighted by Gasteiger charge is -1.83. The SMILES string of the molecule is C=C.C=COC(C)=O.CC(=O)O.CCC=CCC(=O)O. The molecule has 0 radical (unpaired) electrons. The van der Waals surface area contributed by atoms with E-state index in [-0.39, 0.29) is 12.4 Å². The van der Waals surface area contributed by atoms with Gasteiger partial charge in [-0.2, -0.15) is 0 Å². The van der Waals surface area contributed by atoms with Crippen LogP contribution in [0.15, 0.2) is 38.2 Å². The molecule has 0 aromatic carbocycles. The van der Waals surface area contributed by atoms with Crippen molar-refractivity contribution in [2.45, 2.75) is 33.6 Å². The number of aliphatic carboxylic acids is 2. The molecule has 0 aliphatic carbocycles. The van der Waals surface area contributed by atoms with E-state index in [2.05, 4.69) is 24.5 Å². The number of carboxylic acids is 2. The number of esters is 1. The molecular weight excluding hydrogens is 264 g/mol.